The summed E-state index contributed by atoms with van der Waals surface area (Å²) in [5.74, 6) is 0.769. The molecule has 3 rings (SSSR count). The number of aromatic nitrogens is 2. The summed E-state index contributed by atoms with van der Waals surface area (Å²) in [6.45, 7) is 1.29. The van der Waals surface area contributed by atoms with Crippen molar-refractivity contribution in [2.45, 2.75) is 31.9 Å². The van der Waals surface area contributed by atoms with Crippen molar-refractivity contribution >= 4 is 6.21 Å². The predicted molar refractivity (Wildman–Crippen MR) is 108 cm³/mol. The summed E-state index contributed by atoms with van der Waals surface area (Å²) >= 11 is 0. The molecule has 2 N–H and O–H groups in total. The number of nitrogens with one attached hydrogen (secondary N) is 1. The average molecular weight is 403 g/mol. The largest absolute Gasteiger partial charge is 0.494 e. The van der Waals surface area contributed by atoms with Crippen LogP contribution >= 0.6 is 0 Å². The summed E-state index contributed by atoms with van der Waals surface area (Å²) in [6, 6.07) is 5.42. The number of H-pyrrole nitrogens is 1. The van der Waals surface area contributed by atoms with Gasteiger partial charge in [-0.3, -0.25) is 19.3 Å². The fourth-order valence-corrected chi connectivity index (χ4v) is 3.23. The number of methoxy groups -OCH3 is 2. The van der Waals surface area contributed by atoms with E-state index in [1.807, 2.05) is 6.07 Å². The summed E-state index contributed by atoms with van der Waals surface area (Å²) in [7, 11) is 3.10. The summed E-state index contributed by atoms with van der Waals surface area (Å²) < 4.78 is 17.1. The molecule has 0 radical (unpaired) electrons. The summed E-state index contributed by atoms with van der Waals surface area (Å²) in [4.78, 5) is 30.7. The molecule has 0 amide bonds. The van der Waals surface area contributed by atoms with Crippen LogP contribution in [0, 0.1) is 0 Å². The van der Waals surface area contributed by atoms with Crippen LogP contribution in [0.5, 0.6) is 17.4 Å². The normalized spacial score (nSPS) is 16.4. The zero-order valence-electron chi connectivity index (χ0n) is 16.5. The van der Waals surface area contributed by atoms with Crippen molar-refractivity contribution in [3.8, 4) is 17.4 Å². The minimum Gasteiger partial charge on any atom is -0.494 e. The molecule has 1 aliphatic rings. The molecule has 2 aromatic rings. The number of rotatable bonds is 8. The Balaban J connectivity index is 1.77. The third kappa shape index (κ3) is 4.86. The molecule has 0 aliphatic carbocycles. The van der Waals surface area contributed by atoms with Crippen LogP contribution in [0.25, 0.3) is 0 Å². The lowest BCUT2D eigenvalue weighted by atomic mass is 10.1. The third-order valence-electron chi connectivity index (χ3n) is 4.83. The van der Waals surface area contributed by atoms with Crippen LogP contribution in [0.1, 0.15) is 24.0 Å². The molecule has 1 aromatic carbocycles. The lowest BCUT2D eigenvalue weighted by molar-refractivity contribution is 0.118. The Kier molecular flexibility index (Phi) is 6.71. The highest BCUT2D eigenvalue weighted by Gasteiger charge is 2.16. The van der Waals surface area contributed by atoms with Gasteiger partial charge in [-0.25, -0.2) is 4.79 Å². The van der Waals surface area contributed by atoms with Crippen molar-refractivity contribution in [2.75, 3.05) is 27.4 Å². The highest BCUT2D eigenvalue weighted by molar-refractivity contribution is 5.81. The monoisotopic (exact) mass is 403 g/mol. The maximum atomic E-state index is 12.2. The number of aliphatic imine (C=N–C) groups is 1. The zero-order chi connectivity index (χ0) is 20.8. The van der Waals surface area contributed by atoms with Crippen LogP contribution in [-0.4, -0.2) is 54.3 Å². The Morgan fingerprint density at radius 2 is 2.10 bits per heavy atom. The van der Waals surface area contributed by atoms with E-state index in [9.17, 15) is 14.7 Å². The first kappa shape index (κ1) is 20.7. The fourth-order valence-electron chi connectivity index (χ4n) is 3.23. The van der Waals surface area contributed by atoms with Gasteiger partial charge in [0, 0.05) is 19.4 Å². The lowest BCUT2D eigenvalue weighted by Gasteiger charge is -2.12. The number of aromatic hydroxyl groups is 1. The highest BCUT2D eigenvalue weighted by atomic mass is 16.5. The van der Waals surface area contributed by atoms with Crippen molar-refractivity contribution in [1.82, 2.24) is 9.55 Å². The van der Waals surface area contributed by atoms with Gasteiger partial charge in [0.1, 0.15) is 5.56 Å². The second-order valence-electron chi connectivity index (χ2n) is 6.72. The van der Waals surface area contributed by atoms with E-state index in [0.717, 1.165) is 23.0 Å². The van der Waals surface area contributed by atoms with Gasteiger partial charge in [-0.05, 0) is 37.0 Å². The average Bonchev–Trinajstić information content (AvgIpc) is 3.23. The van der Waals surface area contributed by atoms with E-state index >= 15 is 0 Å². The van der Waals surface area contributed by atoms with Gasteiger partial charge < -0.3 is 19.3 Å². The Bertz CT molecular complexity index is 989. The van der Waals surface area contributed by atoms with E-state index in [4.69, 9.17) is 14.2 Å². The molecule has 1 saturated heterocycles. The Morgan fingerprint density at radius 1 is 1.31 bits per heavy atom. The standard InChI is InChI=1S/C20H25N3O6/c1-27-16-6-5-13(10-17(16)28-2)7-8-23-19(25)15(18(24)22-20(23)26)12-21-11-14-4-3-9-29-14/h5-6,10,12,14,25H,3-4,7-9,11H2,1-2H3,(H,22,24,26)/t14-/m1/s1. The highest BCUT2D eigenvalue weighted by Crippen LogP contribution is 2.27. The molecule has 0 saturated carbocycles. The summed E-state index contributed by atoms with van der Waals surface area (Å²) in [5.41, 5.74) is -0.515. The molecule has 0 unspecified atom stereocenters. The topological polar surface area (TPSA) is 115 Å². The number of aryl methyl sites for hydroxylation is 1. The Labute approximate surface area is 167 Å². The van der Waals surface area contributed by atoms with Crippen molar-refractivity contribution in [2.24, 2.45) is 4.99 Å². The fraction of sp³-hybridized carbons (Fsp3) is 0.450. The molecule has 1 atom stereocenters. The second-order valence-corrected chi connectivity index (χ2v) is 6.72. The molecule has 1 aromatic heterocycles. The van der Waals surface area contributed by atoms with E-state index in [0.29, 0.717) is 31.1 Å². The van der Waals surface area contributed by atoms with Gasteiger partial charge in [0.2, 0.25) is 5.88 Å². The number of aromatic amines is 1. The summed E-state index contributed by atoms with van der Waals surface area (Å²) in [6.07, 6.45) is 3.68. The zero-order valence-corrected chi connectivity index (χ0v) is 16.5. The molecule has 0 spiro atoms. The van der Waals surface area contributed by atoms with Gasteiger partial charge in [-0.15, -0.1) is 0 Å². The van der Waals surface area contributed by atoms with Crippen molar-refractivity contribution in [1.29, 1.82) is 0 Å². The number of nitrogens with zero attached hydrogens (tertiary/aromatic N) is 2. The van der Waals surface area contributed by atoms with Crippen molar-refractivity contribution in [3.63, 3.8) is 0 Å². The van der Waals surface area contributed by atoms with E-state index in [1.165, 1.54) is 6.21 Å². The van der Waals surface area contributed by atoms with Gasteiger partial charge >= 0.3 is 5.69 Å². The quantitative estimate of drug-likeness (QED) is 0.638. The third-order valence-corrected chi connectivity index (χ3v) is 4.83. The van der Waals surface area contributed by atoms with Crippen molar-refractivity contribution in [3.05, 3.63) is 50.2 Å². The molecule has 156 valence electrons. The minimum atomic E-state index is -0.677. The van der Waals surface area contributed by atoms with Gasteiger partial charge in [0.25, 0.3) is 5.56 Å². The first-order valence-electron chi connectivity index (χ1n) is 9.42. The van der Waals surface area contributed by atoms with Crippen LogP contribution < -0.4 is 20.7 Å². The maximum absolute atomic E-state index is 12.2. The van der Waals surface area contributed by atoms with Crippen LogP contribution in [0.3, 0.4) is 0 Å². The van der Waals surface area contributed by atoms with Gasteiger partial charge in [-0.1, -0.05) is 6.07 Å². The number of hydrogen-bond donors (Lipinski definition) is 2. The van der Waals surface area contributed by atoms with E-state index in [2.05, 4.69) is 9.98 Å². The maximum Gasteiger partial charge on any atom is 0.331 e. The molecular formula is C20H25N3O6. The molecule has 1 fully saturated rings. The second kappa shape index (κ2) is 9.42. The predicted octanol–water partition coefficient (Wildman–Crippen LogP) is 1.10. The Morgan fingerprint density at radius 3 is 2.79 bits per heavy atom. The first-order chi connectivity index (χ1) is 14.0. The molecule has 9 heteroatoms. The van der Waals surface area contributed by atoms with Gasteiger partial charge in [-0.2, -0.15) is 0 Å². The Hall–Kier alpha value is -3.07. The van der Waals surface area contributed by atoms with Gasteiger partial charge in [0.15, 0.2) is 11.5 Å². The first-order valence-corrected chi connectivity index (χ1v) is 9.42. The van der Waals surface area contributed by atoms with Gasteiger partial charge in [0.05, 0.1) is 26.9 Å². The van der Waals surface area contributed by atoms with Crippen LogP contribution in [0.15, 0.2) is 32.8 Å². The smallest absolute Gasteiger partial charge is 0.331 e. The number of benzene rings is 1. The summed E-state index contributed by atoms with van der Waals surface area (Å²) in [5, 5.41) is 10.5. The molecule has 9 nitrogen and oxygen atoms in total. The molecule has 2 heterocycles. The number of hydrogen-bond acceptors (Lipinski definition) is 7. The molecule has 29 heavy (non-hydrogen) atoms. The SMILES string of the molecule is COc1ccc(CCn2c(O)c(C=NC[C@H]3CCCO3)c(=O)[nH]c2=O)cc1OC. The minimum absolute atomic E-state index is 0.0310. The van der Waals surface area contributed by atoms with Crippen LogP contribution in [0.2, 0.25) is 0 Å². The molecule has 1 aliphatic heterocycles. The van der Waals surface area contributed by atoms with Crippen LogP contribution in [-0.2, 0) is 17.7 Å². The van der Waals surface area contributed by atoms with E-state index < -0.39 is 17.1 Å². The molecule has 0 bridgehead atoms. The van der Waals surface area contributed by atoms with E-state index in [-0.39, 0.29) is 18.2 Å². The lowest BCUT2D eigenvalue weighted by Crippen LogP contribution is -2.32. The number of ether oxygens (including phenoxy) is 3. The molecular weight excluding hydrogens is 378 g/mol. The van der Waals surface area contributed by atoms with Crippen molar-refractivity contribution < 1.29 is 19.3 Å². The van der Waals surface area contributed by atoms with E-state index in [1.54, 1.807) is 26.4 Å². The van der Waals surface area contributed by atoms with Crippen LogP contribution in [0.4, 0.5) is 0 Å².